The molecular weight excluding hydrogens is 372 g/mol. The summed E-state index contributed by atoms with van der Waals surface area (Å²) in [6, 6.07) is 8.35. The second-order valence-corrected chi connectivity index (χ2v) is 7.00. The monoisotopic (exact) mass is 392 g/mol. The van der Waals surface area contributed by atoms with Crippen molar-refractivity contribution in [2.45, 2.75) is 31.2 Å². The van der Waals surface area contributed by atoms with Gasteiger partial charge in [0.15, 0.2) is 0 Å². The van der Waals surface area contributed by atoms with Crippen LogP contribution in [0.15, 0.2) is 41.4 Å². The SMILES string of the molecule is O=C(CCn1cncn1)NCC1(c2cccc(Br)c2)CCOCC1. The van der Waals surface area contributed by atoms with E-state index in [1.807, 2.05) is 12.1 Å². The second kappa shape index (κ2) is 7.90. The maximum atomic E-state index is 12.2. The van der Waals surface area contributed by atoms with Gasteiger partial charge in [-0.3, -0.25) is 9.48 Å². The van der Waals surface area contributed by atoms with Gasteiger partial charge in [-0.15, -0.1) is 0 Å². The lowest BCUT2D eigenvalue weighted by Gasteiger charge is -2.38. The number of ether oxygens (including phenoxy) is 1. The summed E-state index contributed by atoms with van der Waals surface area (Å²) < 4.78 is 8.26. The van der Waals surface area contributed by atoms with Crippen LogP contribution in [-0.4, -0.2) is 40.4 Å². The highest BCUT2D eigenvalue weighted by Gasteiger charge is 2.34. The molecule has 2 heterocycles. The van der Waals surface area contributed by atoms with Crippen molar-refractivity contribution in [1.29, 1.82) is 0 Å². The molecule has 1 aliphatic rings. The van der Waals surface area contributed by atoms with Crippen molar-refractivity contribution >= 4 is 21.8 Å². The third-order valence-corrected chi connectivity index (χ3v) is 5.04. The quantitative estimate of drug-likeness (QED) is 0.818. The van der Waals surface area contributed by atoms with Crippen LogP contribution in [0.4, 0.5) is 0 Å². The van der Waals surface area contributed by atoms with Crippen LogP contribution >= 0.6 is 15.9 Å². The van der Waals surface area contributed by atoms with E-state index in [0.29, 0.717) is 19.5 Å². The van der Waals surface area contributed by atoms with Crippen molar-refractivity contribution in [2.75, 3.05) is 19.8 Å². The predicted octanol–water partition coefficient (Wildman–Crippen LogP) is 2.30. The molecule has 24 heavy (non-hydrogen) atoms. The van der Waals surface area contributed by atoms with Crippen LogP contribution in [0.25, 0.3) is 0 Å². The number of aryl methyl sites for hydroxylation is 1. The average molecular weight is 393 g/mol. The minimum atomic E-state index is -0.0645. The Bertz CT molecular complexity index is 669. The molecule has 3 rings (SSSR count). The number of carbonyl (C=O) groups is 1. The Hall–Kier alpha value is -1.73. The molecule has 0 saturated carbocycles. The fourth-order valence-electron chi connectivity index (χ4n) is 3.07. The number of carbonyl (C=O) groups excluding carboxylic acids is 1. The first-order chi connectivity index (χ1) is 11.7. The summed E-state index contributed by atoms with van der Waals surface area (Å²) in [7, 11) is 0. The summed E-state index contributed by atoms with van der Waals surface area (Å²) in [5, 5.41) is 7.12. The van der Waals surface area contributed by atoms with E-state index in [2.05, 4.69) is 43.5 Å². The minimum absolute atomic E-state index is 0.0337. The van der Waals surface area contributed by atoms with E-state index in [9.17, 15) is 4.79 Å². The van der Waals surface area contributed by atoms with Gasteiger partial charge in [0.1, 0.15) is 12.7 Å². The van der Waals surface area contributed by atoms with Gasteiger partial charge in [-0.25, -0.2) is 4.98 Å². The number of benzene rings is 1. The van der Waals surface area contributed by atoms with Crippen molar-refractivity contribution in [3.63, 3.8) is 0 Å². The molecule has 0 bridgehead atoms. The molecule has 1 aromatic carbocycles. The maximum Gasteiger partial charge on any atom is 0.221 e. The maximum absolute atomic E-state index is 12.2. The summed E-state index contributed by atoms with van der Waals surface area (Å²) in [4.78, 5) is 16.1. The molecule has 0 atom stereocenters. The molecule has 2 aromatic rings. The number of hydrogen-bond acceptors (Lipinski definition) is 4. The Morgan fingerprint density at radius 2 is 2.21 bits per heavy atom. The number of nitrogens with zero attached hydrogens (tertiary/aromatic N) is 3. The fraction of sp³-hybridized carbons (Fsp3) is 0.471. The topological polar surface area (TPSA) is 69.0 Å². The van der Waals surface area contributed by atoms with Crippen LogP contribution in [0.5, 0.6) is 0 Å². The smallest absolute Gasteiger partial charge is 0.221 e. The van der Waals surface area contributed by atoms with Gasteiger partial charge in [0, 0.05) is 36.1 Å². The first-order valence-electron chi connectivity index (χ1n) is 8.11. The van der Waals surface area contributed by atoms with Crippen LogP contribution in [-0.2, 0) is 21.5 Å². The molecule has 1 amide bonds. The number of hydrogen-bond donors (Lipinski definition) is 1. The second-order valence-electron chi connectivity index (χ2n) is 6.09. The highest BCUT2D eigenvalue weighted by molar-refractivity contribution is 9.10. The average Bonchev–Trinajstić information content (AvgIpc) is 3.12. The van der Waals surface area contributed by atoms with Gasteiger partial charge in [-0.1, -0.05) is 28.1 Å². The van der Waals surface area contributed by atoms with Crippen molar-refractivity contribution in [1.82, 2.24) is 20.1 Å². The molecular formula is C17H21BrN4O2. The zero-order chi connectivity index (χ0) is 16.8. The fourth-order valence-corrected chi connectivity index (χ4v) is 3.47. The molecule has 0 unspecified atom stereocenters. The molecule has 0 spiro atoms. The van der Waals surface area contributed by atoms with Gasteiger partial charge in [0.2, 0.25) is 5.91 Å². The van der Waals surface area contributed by atoms with Crippen LogP contribution in [0, 0.1) is 0 Å². The lowest BCUT2D eigenvalue weighted by atomic mass is 9.74. The zero-order valence-electron chi connectivity index (χ0n) is 13.4. The van der Waals surface area contributed by atoms with Crippen molar-refractivity contribution < 1.29 is 9.53 Å². The Morgan fingerprint density at radius 1 is 1.38 bits per heavy atom. The summed E-state index contributed by atoms with van der Waals surface area (Å²) in [6.45, 7) is 2.62. The Morgan fingerprint density at radius 3 is 2.92 bits per heavy atom. The lowest BCUT2D eigenvalue weighted by molar-refractivity contribution is -0.121. The van der Waals surface area contributed by atoms with Crippen LogP contribution in [0.1, 0.15) is 24.8 Å². The largest absolute Gasteiger partial charge is 0.381 e. The normalized spacial score (nSPS) is 16.7. The molecule has 0 radical (unpaired) electrons. The third kappa shape index (κ3) is 4.21. The molecule has 128 valence electrons. The van der Waals surface area contributed by atoms with E-state index in [0.717, 1.165) is 30.5 Å². The van der Waals surface area contributed by atoms with E-state index in [-0.39, 0.29) is 11.3 Å². The first kappa shape index (κ1) is 17.1. The van der Waals surface area contributed by atoms with E-state index >= 15 is 0 Å². The van der Waals surface area contributed by atoms with E-state index in [1.165, 1.54) is 11.9 Å². The molecule has 1 saturated heterocycles. The summed E-state index contributed by atoms with van der Waals surface area (Å²) in [5.74, 6) is 0.0337. The van der Waals surface area contributed by atoms with E-state index in [1.54, 1.807) is 11.0 Å². The molecule has 7 heteroatoms. The molecule has 1 aliphatic heterocycles. The van der Waals surface area contributed by atoms with Crippen molar-refractivity contribution in [2.24, 2.45) is 0 Å². The summed E-state index contributed by atoms with van der Waals surface area (Å²) in [5.41, 5.74) is 1.18. The Balaban J connectivity index is 1.63. The Kier molecular flexibility index (Phi) is 5.63. The Labute approximate surface area is 149 Å². The first-order valence-corrected chi connectivity index (χ1v) is 8.90. The van der Waals surface area contributed by atoms with Crippen molar-refractivity contribution in [3.8, 4) is 0 Å². The standard InChI is InChI=1S/C17H21BrN4O2/c18-15-3-1-2-14(10-15)17(5-8-24-9-6-17)11-20-16(23)4-7-22-13-19-12-21-22/h1-3,10,12-13H,4-9,11H2,(H,20,23). The van der Waals surface area contributed by atoms with Gasteiger partial charge >= 0.3 is 0 Å². The van der Waals surface area contributed by atoms with Gasteiger partial charge < -0.3 is 10.1 Å². The summed E-state index contributed by atoms with van der Waals surface area (Å²) >= 11 is 3.55. The molecule has 0 aliphatic carbocycles. The van der Waals surface area contributed by atoms with Gasteiger partial charge in [0.25, 0.3) is 0 Å². The van der Waals surface area contributed by atoms with Gasteiger partial charge in [-0.05, 0) is 30.5 Å². The number of halogens is 1. The minimum Gasteiger partial charge on any atom is -0.381 e. The number of nitrogens with one attached hydrogen (secondary N) is 1. The van der Waals surface area contributed by atoms with E-state index < -0.39 is 0 Å². The lowest BCUT2D eigenvalue weighted by Crippen LogP contribution is -2.44. The molecule has 6 nitrogen and oxygen atoms in total. The number of rotatable bonds is 6. The van der Waals surface area contributed by atoms with Gasteiger partial charge in [-0.2, -0.15) is 5.10 Å². The highest BCUT2D eigenvalue weighted by Crippen LogP contribution is 2.35. The zero-order valence-corrected chi connectivity index (χ0v) is 15.0. The number of aromatic nitrogens is 3. The van der Waals surface area contributed by atoms with Crippen LogP contribution in [0.3, 0.4) is 0 Å². The predicted molar refractivity (Wildman–Crippen MR) is 93.5 cm³/mol. The molecule has 1 N–H and O–H groups in total. The highest BCUT2D eigenvalue weighted by atomic mass is 79.9. The van der Waals surface area contributed by atoms with Crippen LogP contribution < -0.4 is 5.32 Å². The third-order valence-electron chi connectivity index (χ3n) is 4.55. The molecule has 1 fully saturated rings. The summed E-state index contributed by atoms with van der Waals surface area (Å²) in [6.07, 6.45) is 5.31. The number of amides is 1. The van der Waals surface area contributed by atoms with Gasteiger partial charge in [0.05, 0.1) is 6.54 Å². The molecule has 1 aromatic heterocycles. The van der Waals surface area contributed by atoms with Crippen LogP contribution in [0.2, 0.25) is 0 Å². The van der Waals surface area contributed by atoms with E-state index in [4.69, 9.17) is 4.74 Å². The van der Waals surface area contributed by atoms with Crippen molar-refractivity contribution in [3.05, 3.63) is 47.0 Å².